The van der Waals surface area contributed by atoms with Crippen LogP contribution in [0, 0.1) is 0 Å². The lowest BCUT2D eigenvalue weighted by Gasteiger charge is -2.50. The smallest absolute Gasteiger partial charge is 0.264 e. The van der Waals surface area contributed by atoms with Crippen molar-refractivity contribution in [3.05, 3.63) is 0 Å². The van der Waals surface area contributed by atoms with Crippen LogP contribution in [0.3, 0.4) is 0 Å². The van der Waals surface area contributed by atoms with Gasteiger partial charge in [-0.2, -0.15) is 33.7 Å². The molecule has 628 valence electrons. The molecule has 0 spiro atoms. The maximum absolute atomic E-state index is 12.2. The lowest BCUT2D eigenvalue weighted by molar-refractivity contribution is -0.397. The number of aliphatic hydroxyl groups excluding tert-OH is 14. The lowest BCUT2D eigenvalue weighted by Crippen LogP contribution is -2.68. The van der Waals surface area contributed by atoms with Gasteiger partial charge in [-0.3, -0.25) is 18.2 Å². The van der Waals surface area contributed by atoms with E-state index < -0.39 is 305 Å². The maximum Gasteiger partial charge on any atom is 0.264 e. The zero-order chi connectivity index (χ0) is 78.8. The maximum atomic E-state index is 12.2. The van der Waals surface area contributed by atoms with E-state index in [0.717, 1.165) is 0 Å². The highest BCUT2D eigenvalue weighted by atomic mass is 32.2. The quantitative estimate of drug-likeness (QED) is 0.0244. The molecule has 35 unspecified atom stereocenters. The van der Waals surface area contributed by atoms with Crippen molar-refractivity contribution < 1.29 is 209 Å². The van der Waals surface area contributed by atoms with Gasteiger partial charge in [0.2, 0.25) is 0 Å². The Labute approximate surface area is 616 Å². The van der Waals surface area contributed by atoms with E-state index in [-0.39, 0.29) is 84.2 Å². The van der Waals surface area contributed by atoms with Gasteiger partial charge >= 0.3 is 0 Å². The van der Waals surface area contributed by atoms with Gasteiger partial charge in [0.1, 0.15) is 153 Å². The molecule has 44 nitrogen and oxygen atoms in total. The summed E-state index contributed by atoms with van der Waals surface area (Å²) in [6.45, 7) is 0.359. The van der Waals surface area contributed by atoms with Gasteiger partial charge in [-0.05, 0) is 71.6 Å². The molecule has 21 aliphatic rings. The summed E-state index contributed by atoms with van der Waals surface area (Å²) in [4.78, 5) is 0. The van der Waals surface area contributed by atoms with Gasteiger partial charge in [0.25, 0.3) is 40.5 Å². The van der Waals surface area contributed by atoms with Crippen molar-refractivity contribution in [3.63, 3.8) is 0 Å². The minimum atomic E-state index is -4.44. The molecule has 21 aliphatic heterocycles. The predicted octanol–water partition coefficient (Wildman–Crippen LogP) is -8.99. The zero-order valence-electron chi connectivity index (χ0n) is 58.4. The molecule has 0 aromatic heterocycles. The molecule has 107 heavy (non-hydrogen) atoms. The standard InChI is InChI=1S/C59H104O44S4/c1-4-27-48-34(62)41(69)55(92-27)97-46-25(2)91-54(40(68)33(46)61)100-49-28(21-86-13-5-9-17-104(74,75)76)94-57(43(71)36(49)64)102-51-30(23-88-15-7-11-19-106(80,81)82)96-59(45(73)38(51)66)103-52-31(24-89-16-8-12-20-107(83,84)85)95-58(44(72)37(52)65)101-50-29(22-87-14-6-10-18-105(77,78)79)93-56(42(70)35(50)63)98-47-26(3)90-53(99-48)39(67)32(47)60/h25-73H,4-24H2,1-3H3,(H,74,75,76)(H,77,78,79)(H,80,81,82)(H,83,84,85). The van der Waals surface area contributed by atoms with Crippen LogP contribution in [-0.4, -0.2) is 414 Å². The minimum absolute atomic E-state index is 0.00892. The SMILES string of the molecule is CCC1OC2OC3C(C)OC(OC4C(COCCCCS(=O)(=O)O)OC(OC5C(COCCCCS(=O)(=O)O)OC(OC6C(COCCCCS(=O)(=O)O)OC(OC7C(COCCCCS(=O)(=O)O)OC(OC8C(C)OC(OC1C(O)C2O)C(O)C8O)C(O)C7O)C(O)C6O)C(O)C5O)C(O)C4O)C(O)C3O. The molecule has 0 aliphatic carbocycles. The first-order valence-corrected chi connectivity index (χ1v) is 41.4. The van der Waals surface area contributed by atoms with Crippen LogP contribution >= 0.6 is 0 Å². The van der Waals surface area contributed by atoms with Gasteiger partial charge in [-0.25, -0.2) is 0 Å². The van der Waals surface area contributed by atoms with Gasteiger partial charge in [0.05, 0.1) is 67.8 Å². The topological polar surface area (TPSA) is 667 Å². The van der Waals surface area contributed by atoms with Crippen LogP contribution in [0.4, 0.5) is 0 Å². The monoisotopic (exact) mass is 1640 g/mol. The van der Waals surface area contributed by atoms with Crippen molar-refractivity contribution in [3.8, 4) is 0 Å². The largest absolute Gasteiger partial charge is 0.387 e. The van der Waals surface area contributed by atoms with Crippen LogP contribution in [-0.2, 0) is 126 Å². The van der Waals surface area contributed by atoms with Crippen LogP contribution < -0.4 is 0 Å². The van der Waals surface area contributed by atoms with Crippen molar-refractivity contribution in [2.24, 2.45) is 0 Å². The molecule has 0 radical (unpaired) electrons. The minimum Gasteiger partial charge on any atom is -0.387 e. The fraction of sp³-hybridized carbons (Fsp3) is 1.00. The highest BCUT2D eigenvalue weighted by Gasteiger charge is 2.59. The van der Waals surface area contributed by atoms with Crippen molar-refractivity contribution >= 4 is 40.5 Å². The van der Waals surface area contributed by atoms with Gasteiger partial charge in [-0.1, -0.05) is 6.92 Å². The van der Waals surface area contributed by atoms with Crippen molar-refractivity contribution in [2.75, 3.05) is 75.9 Å². The Morgan fingerprint density at radius 1 is 0.243 bits per heavy atom. The number of ether oxygens (including phenoxy) is 18. The molecule has 21 fully saturated rings. The van der Waals surface area contributed by atoms with E-state index in [1.807, 2.05) is 0 Å². The molecular weight excluding hydrogens is 1540 g/mol. The number of aliphatic hydroxyl groups is 14. The predicted molar refractivity (Wildman–Crippen MR) is 346 cm³/mol. The van der Waals surface area contributed by atoms with E-state index in [1.54, 1.807) is 6.92 Å². The third-order valence-electron chi connectivity index (χ3n) is 19.1. The molecule has 0 amide bonds. The molecule has 0 aromatic carbocycles. The average Bonchev–Trinajstić information content (AvgIpc) is 0.860. The van der Waals surface area contributed by atoms with Crippen molar-refractivity contribution in [1.82, 2.24) is 0 Å². The van der Waals surface area contributed by atoms with Crippen molar-refractivity contribution in [1.29, 1.82) is 0 Å². The van der Waals surface area contributed by atoms with E-state index >= 15 is 0 Å². The molecule has 35 atom stereocenters. The fourth-order valence-electron chi connectivity index (χ4n) is 13.2. The number of hydrogen-bond acceptors (Lipinski definition) is 40. The Hall–Kier alpha value is -1.64. The number of unbranched alkanes of at least 4 members (excludes halogenated alkanes) is 4. The van der Waals surface area contributed by atoms with E-state index in [9.17, 15) is 123 Å². The third kappa shape index (κ3) is 25.2. The van der Waals surface area contributed by atoms with Crippen LogP contribution in [0.25, 0.3) is 0 Å². The van der Waals surface area contributed by atoms with Crippen molar-refractivity contribution in [2.45, 2.75) is 293 Å². The van der Waals surface area contributed by atoms with Gasteiger partial charge in [0, 0.05) is 26.4 Å². The Kier molecular flexibility index (Phi) is 34.2. The fourth-order valence-corrected chi connectivity index (χ4v) is 15.5. The molecule has 0 aromatic rings. The first kappa shape index (κ1) is 90.9. The summed E-state index contributed by atoms with van der Waals surface area (Å²) in [6.07, 6.45) is -68.8. The second-order valence-corrected chi connectivity index (χ2v) is 33.7. The molecule has 0 saturated carbocycles. The molecular formula is C59H104O44S4. The molecule has 21 heterocycles. The summed E-state index contributed by atoms with van der Waals surface area (Å²) in [5.74, 6) is -2.71. The summed E-state index contributed by atoms with van der Waals surface area (Å²) in [6, 6.07) is 0. The van der Waals surface area contributed by atoms with E-state index in [2.05, 4.69) is 0 Å². The highest BCUT2D eigenvalue weighted by Crippen LogP contribution is 2.40. The van der Waals surface area contributed by atoms with E-state index in [4.69, 9.17) is 85.3 Å². The van der Waals surface area contributed by atoms with Crippen LogP contribution in [0.5, 0.6) is 0 Å². The second kappa shape index (κ2) is 40.3. The van der Waals surface area contributed by atoms with E-state index in [0.29, 0.717) is 0 Å². The molecule has 48 heteroatoms. The summed E-state index contributed by atoms with van der Waals surface area (Å²) in [5, 5.41) is 166. The summed E-state index contributed by atoms with van der Waals surface area (Å²) in [7, 11) is -17.7. The lowest BCUT2D eigenvalue weighted by atomic mass is 9.94. The first-order chi connectivity index (χ1) is 50.2. The molecule has 21 rings (SSSR count). The first-order valence-electron chi connectivity index (χ1n) is 35.0. The van der Waals surface area contributed by atoms with Gasteiger partial charge in [-0.15, -0.1) is 0 Å². The molecule has 14 bridgehead atoms. The highest BCUT2D eigenvalue weighted by molar-refractivity contribution is 7.86. The Morgan fingerprint density at radius 2 is 0.421 bits per heavy atom. The average molecular weight is 1650 g/mol. The van der Waals surface area contributed by atoms with Crippen LogP contribution in [0.15, 0.2) is 0 Å². The Balaban J connectivity index is 1.14. The Bertz CT molecular complexity index is 3070. The van der Waals surface area contributed by atoms with Gasteiger partial charge < -0.3 is 157 Å². The van der Waals surface area contributed by atoms with E-state index in [1.165, 1.54) is 13.8 Å². The summed E-state index contributed by atoms with van der Waals surface area (Å²) < 4.78 is 238. The summed E-state index contributed by atoms with van der Waals surface area (Å²) >= 11 is 0. The van der Waals surface area contributed by atoms with Gasteiger partial charge in [0.15, 0.2) is 44.0 Å². The second-order valence-electron chi connectivity index (χ2n) is 27.4. The summed E-state index contributed by atoms with van der Waals surface area (Å²) in [5.41, 5.74) is 0. The third-order valence-corrected chi connectivity index (χ3v) is 22.3. The van der Waals surface area contributed by atoms with Crippen LogP contribution in [0.1, 0.15) is 78.6 Å². The number of rotatable bonds is 29. The molecule has 18 N–H and O–H groups in total. The Morgan fingerprint density at radius 3 is 0.626 bits per heavy atom. The molecule has 21 saturated heterocycles. The normalized spacial score (nSPS) is 43.8. The number of hydrogen-bond donors (Lipinski definition) is 18. The zero-order valence-corrected chi connectivity index (χ0v) is 61.6. The van der Waals surface area contributed by atoms with Crippen LogP contribution in [0.2, 0.25) is 0 Å².